The molecule has 0 aromatic rings. The molecule has 0 spiro atoms. The molecule has 1 aliphatic rings. The molecule has 0 saturated carbocycles. The lowest BCUT2D eigenvalue weighted by molar-refractivity contribution is 0.430. The Morgan fingerprint density at radius 2 is 2.50 bits per heavy atom. The van der Waals surface area contributed by atoms with Crippen molar-refractivity contribution in [2.24, 2.45) is 5.84 Å². The van der Waals surface area contributed by atoms with E-state index in [1.807, 2.05) is 12.2 Å². The summed E-state index contributed by atoms with van der Waals surface area (Å²) in [7, 11) is 0. The SMILES string of the molecule is NN1C=CC=C(Cl)C1. The van der Waals surface area contributed by atoms with Crippen molar-refractivity contribution in [1.82, 2.24) is 5.01 Å². The second kappa shape index (κ2) is 2.20. The number of hydrogen-bond acceptors (Lipinski definition) is 2. The standard InChI is InChI=1S/C5H7ClN2/c6-5-2-1-3-8(7)4-5/h1-3H,4,7H2. The van der Waals surface area contributed by atoms with Crippen LogP contribution in [-0.2, 0) is 0 Å². The Morgan fingerprint density at radius 1 is 1.75 bits per heavy atom. The number of halogens is 1. The van der Waals surface area contributed by atoms with Crippen LogP contribution >= 0.6 is 11.6 Å². The van der Waals surface area contributed by atoms with Gasteiger partial charge in [0, 0.05) is 11.2 Å². The summed E-state index contributed by atoms with van der Waals surface area (Å²) in [6.07, 6.45) is 5.41. The summed E-state index contributed by atoms with van der Waals surface area (Å²) in [5.74, 6) is 5.35. The van der Waals surface area contributed by atoms with E-state index >= 15 is 0 Å². The molecule has 2 N–H and O–H groups in total. The molecule has 1 rings (SSSR count). The zero-order valence-electron chi connectivity index (χ0n) is 4.34. The Balaban J connectivity index is 2.59. The molecule has 0 atom stereocenters. The van der Waals surface area contributed by atoms with Gasteiger partial charge in [-0.2, -0.15) is 0 Å². The highest BCUT2D eigenvalue weighted by molar-refractivity contribution is 6.30. The lowest BCUT2D eigenvalue weighted by atomic mass is 10.4. The summed E-state index contributed by atoms with van der Waals surface area (Å²) in [6, 6.07) is 0. The highest BCUT2D eigenvalue weighted by atomic mass is 35.5. The lowest BCUT2D eigenvalue weighted by Gasteiger charge is -2.14. The van der Waals surface area contributed by atoms with E-state index in [1.165, 1.54) is 5.01 Å². The molecule has 0 aromatic carbocycles. The Labute approximate surface area is 53.2 Å². The molecule has 0 bridgehead atoms. The zero-order valence-corrected chi connectivity index (χ0v) is 5.10. The fourth-order valence-corrected chi connectivity index (χ4v) is 0.749. The van der Waals surface area contributed by atoms with Gasteiger partial charge in [-0.05, 0) is 12.2 Å². The molecule has 8 heavy (non-hydrogen) atoms. The molecule has 0 aliphatic carbocycles. The van der Waals surface area contributed by atoms with Crippen LogP contribution in [0.2, 0.25) is 0 Å². The molecule has 0 radical (unpaired) electrons. The first-order chi connectivity index (χ1) is 3.79. The van der Waals surface area contributed by atoms with Crippen LogP contribution in [0.1, 0.15) is 0 Å². The molecule has 2 nitrogen and oxygen atoms in total. The molecular formula is C5H7ClN2. The van der Waals surface area contributed by atoms with Crippen molar-refractivity contribution in [3.8, 4) is 0 Å². The molecule has 1 heterocycles. The predicted octanol–water partition coefficient (Wildman–Crippen LogP) is 0.812. The van der Waals surface area contributed by atoms with Crippen molar-refractivity contribution in [3.63, 3.8) is 0 Å². The Kier molecular flexibility index (Phi) is 1.56. The van der Waals surface area contributed by atoms with Gasteiger partial charge in [-0.1, -0.05) is 11.6 Å². The smallest absolute Gasteiger partial charge is 0.0692 e. The number of nitrogens with zero attached hydrogens (tertiary/aromatic N) is 1. The van der Waals surface area contributed by atoms with Crippen LogP contribution in [0.3, 0.4) is 0 Å². The van der Waals surface area contributed by atoms with E-state index in [1.54, 1.807) is 6.20 Å². The summed E-state index contributed by atoms with van der Waals surface area (Å²) in [4.78, 5) is 0. The topological polar surface area (TPSA) is 29.3 Å². The van der Waals surface area contributed by atoms with E-state index in [-0.39, 0.29) is 0 Å². The number of allylic oxidation sites excluding steroid dienone is 2. The van der Waals surface area contributed by atoms with E-state index < -0.39 is 0 Å². The Hall–Kier alpha value is -0.470. The first-order valence-corrected chi connectivity index (χ1v) is 2.71. The minimum absolute atomic E-state index is 0.623. The van der Waals surface area contributed by atoms with Crippen molar-refractivity contribution < 1.29 is 0 Å². The maximum Gasteiger partial charge on any atom is 0.0692 e. The number of hydrazine groups is 1. The minimum Gasteiger partial charge on any atom is -0.313 e. The zero-order chi connectivity index (χ0) is 5.98. The molecule has 3 heteroatoms. The normalized spacial score (nSPS) is 18.8. The highest BCUT2D eigenvalue weighted by Gasteiger charge is 1.97. The quantitative estimate of drug-likeness (QED) is 0.492. The van der Waals surface area contributed by atoms with Gasteiger partial charge in [0.15, 0.2) is 0 Å². The van der Waals surface area contributed by atoms with Gasteiger partial charge in [-0.15, -0.1) is 0 Å². The maximum atomic E-state index is 5.60. The van der Waals surface area contributed by atoms with Crippen LogP contribution in [0.25, 0.3) is 0 Å². The number of rotatable bonds is 0. The fraction of sp³-hybridized carbons (Fsp3) is 0.200. The summed E-state index contributed by atoms with van der Waals surface area (Å²) >= 11 is 5.60. The van der Waals surface area contributed by atoms with Crippen molar-refractivity contribution in [2.75, 3.05) is 6.54 Å². The third-order valence-electron chi connectivity index (χ3n) is 0.888. The van der Waals surface area contributed by atoms with Crippen molar-refractivity contribution in [1.29, 1.82) is 0 Å². The van der Waals surface area contributed by atoms with Gasteiger partial charge in [0.1, 0.15) is 0 Å². The average molecular weight is 131 g/mol. The van der Waals surface area contributed by atoms with E-state index in [0.717, 1.165) is 5.03 Å². The van der Waals surface area contributed by atoms with Crippen molar-refractivity contribution >= 4 is 11.6 Å². The molecule has 0 aromatic heterocycles. The second-order valence-corrected chi connectivity index (χ2v) is 2.11. The van der Waals surface area contributed by atoms with Crippen molar-refractivity contribution in [3.05, 3.63) is 23.4 Å². The van der Waals surface area contributed by atoms with Crippen LogP contribution in [0.5, 0.6) is 0 Å². The molecule has 0 fully saturated rings. The van der Waals surface area contributed by atoms with Crippen LogP contribution in [0.4, 0.5) is 0 Å². The van der Waals surface area contributed by atoms with Crippen LogP contribution in [-0.4, -0.2) is 11.6 Å². The van der Waals surface area contributed by atoms with Gasteiger partial charge in [0.25, 0.3) is 0 Å². The highest BCUT2D eigenvalue weighted by Crippen LogP contribution is 2.06. The largest absolute Gasteiger partial charge is 0.313 e. The van der Waals surface area contributed by atoms with E-state index in [4.69, 9.17) is 17.4 Å². The molecule has 44 valence electrons. The van der Waals surface area contributed by atoms with Crippen LogP contribution < -0.4 is 5.84 Å². The average Bonchev–Trinajstić information content (AvgIpc) is 1.64. The second-order valence-electron chi connectivity index (χ2n) is 1.63. The lowest BCUT2D eigenvalue weighted by Crippen LogP contribution is -2.27. The van der Waals surface area contributed by atoms with Gasteiger partial charge >= 0.3 is 0 Å². The Bertz CT molecular complexity index is 139. The van der Waals surface area contributed by atoms with Gasteiger partial charge in [-0.25, -0.2) is 5.84 Å². The molecular weight excluding hydrogens is 124 g/mol. The third kappa shape index (κ3) is 1.25. The van der Waals surface area contributed by atoms with Gasteiger partial charge in [0.2, 0.25) is 0 Å². The van der Waals surface area contributed by atoms with Crippen LogP contribution in [0, 0.1) is 0 Å². The number of hydrogen-bond donors (Lipinski definition) is 1. The molecule has 0 saturated heterocycles. The molecule has 1 aliphatic heterocycles. The van der Waals surface area contributed by atoms with Gasteiger partial charge in [0.05, 0.1) is 6.54 Å². The maximum absolute atomic E-state index is 5.60. The summed E-state index contributed by atoms with van der Waals surface area (Å²) < 4.78 is 0. The summed E-state index contributed by atoms with van der Waals surface area (Å²) in [5, 5.41) is 2.30. The van der Waals surface area contributed by atoms with E-state index in [2.05, 4.69) is 0 Å². The van der Waals surface area contributed by atoms with E-state index in [9.17, 15) is 0 Å². The predicted molar refractivity (Wildman–Crippen MR) is 34.0 cm³/mol. The summed E-state index contributed by atoms with van der Waals surface area (Å²) in [5.41, 5.74) is 0. The molecule has 0 amide bonds. The third-order valence-corrected chi connectivity index (χ3v) is 1.13. The van der Waals surface area contributed by atoms with Gasteiger partial charge < -0.3 is 5.01 Å². The first kappa shape index (κ1) is 5.66. The van der Waals surface area contributed by atoms with Crippen LogP contribution in [0.15, 0.2) is 23.4 Å². The first-order valence-electron chi connectivity index (χ1n) is 2.33. The fourth-order valence-electron chi connectivity index (χ4n) is 0.538. The monoisotopic (exact) mass is 130 g/mol. The Morgan fingerprint density at radius 3 is 2.88 bits per heavy atom. The number of nitrogens with two attached hydrogens (primary N) is 1. The molecule has 0 unspecified atom stereocenters. The van der Waals surface area contributed by atoms with E-state index in [0.29, 0.717) is 6.54 Å². The van der Waals surface area contributed by atoms with Gasteiger partial charge in [-0.3, -0.25) is 0 Å². The minimum atomic E-state index is 0.623. The van der Waals surface area contributed by atoms with Crippen molar-refractivity contribution in [2.45, 2.75) is 0 Å². The summed E-state index contributed by atoms with van der Waals surface area (Å²) in [6.45, 7) is 0.623.